The fraction of sp³-hybridized carbons (Fsp3) is 0.133. The molecule has 0 fully saturated rings. The van der Waals surface area contributed by atoms with Crippen LogP contribution in [0.2, 0.25) is 0 Å². The lowest BCUT2D eigenvalue weighted by molar-refractivity contribution is 0.0924. The third-order valence-electron chi connectivity index (χ3n) is 6.22. The van der Waals surface area contributed by atoms with Crippen LogP contribution in [0.15, 0.2) is 95.9 Å². The van der Waals surface area contributed by atoms with Gasteiger partial charge in [0.25, 0.3) is 5.91 Å². The van der Waals surface area contributed by atoms with Crippen LogP contribution in [-0.2, 0) is 0 Å². The third-order valence-corrected chi connectivity index (χ3v) is 7.32. The molecular formula is C30H26N2O4S. The number of carbonyl (C=O) groups is 2. The Morgan fingerprint density at radius 2 is 1.38 bits per heavy atom. The summed E-state index contributed by atoms with van der Waals surface area (Å²) in [6.07, 6.45) is 0. The maximum Gasteiger partial charge on any atom is 0.255 e. The number of nitrogens with zero attached hydrogens (tertiary/aromatic N) is 1. The highest BCUT2D eigenvalue weighted by atomic mass is 32.2. The number of rotatable bonds is 7. The molecule has 0 aliphatic heterocycles. The number of carbonyl (C=O) groups excluding carboxylic acids is 2. The Kier molecular flexibility index (Phi) is 6.88. The van der Waals surface area contributed by atoms with Crippen LogP contribution < -0.4 is 14.8 Å². The van der Waals surface area contributed by atoms with Gasteiger partial charge in [-0.15, -0.1) is 11.8 Å². The van der Waals surface area contributed by atoms with E-state index in [1.165, 1.54) is 18.9 Å². The van der Waals surface area contributed by atoms with Crippen molar-refractivity contribution in [3.63, 3.8) is 0 Å². The normalized spacial score (nSPS) is 11.9. The van der Waals surface area contributed by atoms with Gasteiger partial charge in [0.2, 0.25) is 5.91 Å². The van der Waals surface area contributed by atoms with Crippen molar-refractivity contribution >= 4 is 51.1 Å². The molecule has 5 rings (SSSR count). The first-order valence-electron chi connectivity index (χ1n) is 11.8. The molecule has 0 aliphatic carbocycles. The molecule has 0 radical (unpaired) electrons. The Balaban J connectivity index is 1.30. The maximum atomic E-state index is 13.6. The van der Waals surface area contributed by atoms with Crippen LogP contribution in [0, 0.1) is 0 Å². The molecule has 1 unspecified atom stereocenters. The fourth-order valence-electron chi connectivity index (χ4n) is 4.39. The number of anilines is 1. The largest absolute Gasteiger partial charge is 0.493 e. The van der Waals surface area contributed by atoms with E-state index >= 15 is 0 Å². The number of benzene rings is 4. The molecule has 186 valence electrons. The van der Waals surface area contributed by atoms with Crippen molar-refractivity contribution < 1.29 is 19.1 Å². The molecule has 1 aromatic heterocycles. The average molecular weight is 511 g/mol. The summed E-state index contributed by atoms with van der Waals surface area (Å²) in [6, 6.07) is 28.5. The van der Waals surface area contributed by atoms with Gasteiger partial charge in [-0.2, -0.15) is 0 Å². The average Bonchev–Trinajstić information content (AvgIpc) is 3.27. The van der Waals surface area contributed by atoms with E-state index in [1.807, 2.05) is 84.3 Å². The van der Waals surface area contributed by atoms with Gasteiger partial charge in [0, 0.05) is 26.9 Å². The standard InChI is InChI=1S/C30H26N2O4S/c1-19(30(34)32-25-10-6-4-8-23(25)24-9-5-7-11-26(24)32)37-22-15-13-21(14-16-22)31-29(33)20-12-17-27(35-2)28(18-20)36-3/h4-19H,1-3H3,(H,31,33). The first-order valence-corrected chi connectivity index (χ1v) is 12.7. The van der Waals surface area contributed by atoms with E-state index in [4.69, 9.17) is 9.47 Å². The maximum absolute atomic E-state index is 13.6. The molecule has 1 atom stereocenters. The monoisotopic (exact) mass is 510 g/mol. The predicted octanol–water partition coefficient (Wildman–Crippen LogP) is 6.89. The van der Waals surface area contributed by atoms with Crippen LogP contribution in [0.4, 0.5) is 5.69 Å². The fourth-order valence-corrected chi connectivity index (χ4v) is 5.30. The Morgan fingerprint density at radius 3 is 1.97 bits per heavy atom. The van der Waals surface area contributed by atoms with E-state index in [0.29, 0.717) is 22.7 Å². The zero-order chi connectivity index (χ0) is 25.9. The van der Waals surface area contributed by atoms with Gasteiger partial charge in [0.15, 0.2) is 11.5 Å². The Bertz CT molecular complexity index is 1550. The summed E-state index contributed by atoms with van der Waals surface area (Å²) in [6.45, 7) is 1.92. The topological polar surface area (TPSA) is 69.6 Å². The molecule has 0 saturated heterocycles. The summed E-state index contributed by atoms with van der Waals surface area (Å²) in [5.74, 6) is 0.818. The molecule has 4 aromatic carbocycles. The van der Waals surface area contributed by atoms with Crippen LogP contribution in [0.25, 0.3) is 21.8 Å². The SMILES string of the molecule is COc1ccc(C(=O)Nc2ccc(SC(C)C(=O)n3c4ccccc4c4ccccc43)cc2)cc1OC. The van der Waals surface area contributed by atoms with Crippen LogP contribution in [0.3, 0.4) is 0 Å². The van der Waals surface area contributed by atoms with Crippen LogP contribution in [-0.4, -0.2) is 35.9 Å². The number of ether oxygens (including phenoxy) is 2. The van der Waals surface area contributed by atoms with Crippen molar-refractivity contribution in [1.29, 1.82) is 0 Å². The van der Waals surface area contributed by atoms with Gasteiger partial charge < -0.3 is 14.8 Å². The molecule has 0 spiro atoms. The van der Waals surface area contributed by atoms with Gasteiger partial charge in [0.05, 0.1) is 30.5 Å². The molecule has 37 heavy (non-hydrogen) atoms. The molecule has 5 aromatic rings. The van der Waals surface area contributed by atoms with E-state index < -0.39 is 0 Å². The number of fused-ring (bicyclic) bond motifs is 3. The smallest absolute Gasteiger partial charge is 0.255 e. The number of thioether (sulfide) groups is 1. The second-order valence-corrected chi connectivity index (χ2v) is 9.93. The summed E-state index contributed by atoms with van der Waals surface area (Å²) in [5, 5.41) is 4.72. The second-order valence-electron chi connectivity index (χ2n) is 8.52. The number of hydrogen-bond donors (Lipinski definition) is 1. The van der Waals surface area contributed by atoms with E-state index in [0.717, 1.165) is 26.7 Å². The van der Waals surface area contributed by atoms with E-state index in [1.54, 1.807) is 25.3 Å². The summed E-state index contributed by atoms with van der Waals surface area (Å²) >= 11 is 1.49. The molecular weight excluding hydrogens is 484 g/mol. The van der Waals surface area contributed by atoms with Crippen molar-refractivity contribution in [2.75, 3.05) is 19.5 Å². The highest BCUT2D eigenvalue weighted by Crippen LogP contribution is 2.32. The first kappa shape index (κ1) is 24.5. The number of aromatic nitrogens is 1. The lowest BCUT2D eigenvalue weighted by atomic mass is 10.2. The number of nitrogens with one attached hydrogen (secondary N) is 1. The summed E-state index contributed by atoms with van der Waals surface area (Å²) in [5.41, 5.74) is 2.94. The molecule has 6 nitrogen and oxygen atoms in total. The van der Waals surface area contributed by atoms with Gasteiger partial charge in [-0.1, -0.05) is 36.4 Å². The van der Waals surface area contributed by atoms with Gasteiger partial charge >= 0.3 is 0 Å². The Labute approximate surface area is 219 Å². The summed E-state index contributed by atoms with van der Waals surface area (Å²) in [4.78, 5) is 27.2. The molecule has 0 bridgehead atoms. The van der Waals surface area contributed by atoms with Gasteiger partial charge in [-0.25, -0.2) is 0 Å². The van der Waals surface area contributed by atoms with Crippen molar-refractivity contribution in [3.05, 3.63) is 96.6 Å². The number of hydrogen-bond acceptors (Lipinski definition) is 5. The zero-order valence-corrected chi connectivity index (χ0v) is 21.5. The zero-order valence-electron chi connectivity index (χ0n) is 20.7. The quantitative estimate of drug-likeness (QED) is 0.242. The van der Waals surface area contributed by atoms with Crippen molar-refractivity contribution in [2.24, 2.45) is 0 Å². The van der Waals surface area contributed by atoms with Gasteiger partial charge in [-0.3, -0.25) is 14.2 Å². The Hall–Kier alpha value is -4.23. The molecule has 1 heterocycles. The number of methoxy groups -OCH3 is 2. The second kappa shape index (κ2) is 10.4. The van der Waals surface area contributed by atoms with Crippen molar-refractivity contribution in [2.45, 2.75) is 17.1 Å². The Morgan fingerprint density at radius 1 is 0.784 bits per heavy atom. The minimum absolute atomic E-state index is 0.0215. The van der Waals surface area contributed by atoms with Crippen LogP contribution in [0.1, 0.15) is 22.1 Å². The lowest BCUT2D eigenvalue weighted by Crippen LogP contribution is -2.21. The lowest BCUT2D eigenvalue weighted by Gasteiger charge is -2.14. The van der Waals surface area contributed by atoms with Crippen molar-refractivity contribution in [1.82, 2.24) is 4.57 Å². The molecule has 1 amide bonds. The van der Waals surface area contributed by atoms with Crippen LogP contribution in [0.5, 0.6) is 11.5 Å². The minimum Gasteiger partial charge on any atom is -0.493 e. The minimum atomic E-state index is -0.314. The molecule has 7 heteroatoms. The highest BCUT2D eigenvalue weighted by Gasteiger charge is 2.21. The van der Waals surface area contributed by atoms with Gasteiger partial charge in [0.1, 0.15) is 0 Å². The number of para-hydroxylation sites is 2. The van der Waals surface area contributed by atoms with E-state index in [2.05, 4.69) is 5.32 Å². The highest BCUT2D eigenvalue weighted by molar-refractivity contribution is 8.00. The van der Waals surface area contributed by atoms with Gasteiger partial charge in [-0.05, 0) is 61.5 Å². The van der Waals surface area contributed by atoms with E-state index in [-0.39, 0.29) is 17.1 Å². The molecule has 1 N–H and O–H groups in total. The summed E-state index contributed by atoms with van der Waals surface area (Å²) in [7, 11) is 3.08. The van der Waals surface area contributed by atoms with E-state index in [9.17, 15) is 9.59 Å². The molecule has 0 aliphatic rings. The number of amides is 1. The van der Waals surface area contributed by atoms with Crippen LogP contribution >= 0.6 is 11.8 Å². The summed E-state index contributed by atoms with van der Waals surface area (Å²) < 4.78 is 12.3. The predicted molar refractivity (Wildman–Crippen MR) is 149 cm³/mol. The molecule has 0 saturated carbocycles. The first-order chi connectivity index (χ1) is 18.0. The third kappa shape index (κ3) is 4.78. The van der Waals surface area contributed by atoms with Crippen molar-refractivity contribution in [3.8, 4) is 11.5 Å².